The molecule has 3 aromatic rings. The van der Waals surface area contributed by atoms with E-state index < -0.39 is 0 Å². The van der Waals surface area contributed by atoms with Gasteiger partial charge in [-0.05, 0) is 79.0 Å². The predicted molar refractivity (Wildman–Crippen MR) is 146 cm³/mol. The van der Waals surface area contributed by atoms with Gasteiger partial charge in [0.2, 0.25) is 5.91 Å². The van der Waals surface area contributed by atoms with Crippen molar-refractivity contribution in [2.75, 3.05) is 26.6 Å². The van der Waals surface area contributed by atoms with Crippen LogP contribution in [0.3, 0.4) is 0 Å². The molecule has 1 aromatic heterocycles. The number of ether oxygens (including phenoxy) is 3. The zero-order valence-corrected chi connectivity index (χ0v) is 22.7. The number of fused-ring (bicyclic) bond motifs is 6. The lowest BCUT2D eigenvalue weighted by molar-refractivity contribution is -0.116. The van der Waals surface area contributed by atoms with Crippen molar-refractivity contribution in [1.29, 1.82) is 0 Å². The zero-order valence-electron chi connectivity index (χ0n) is 21.1. The van der Waals surface area contributed by atoms with Crippen LogP contribution in [0, 0.1) is 17.8 Å². The molecular formula is C28H30N2O5S2. The molecule has 2 saturated carbocycles. The molecule has 3 aliphatic rings. The second-order valence-electron chi connectivity index (χ2n) is 9.99. The number of carbonyl (C=O) groups is 1. The fourth-order valence-electron chi connectivity index (χ4n) is 6.53. The van der Waals surface area contributed by atoms with Crippen LogP contribution in [-0.2, 0) is 11.3 Å². The number of amides is 1. The van der Waals surface area contributed by atoms with Gasteiger partial charge in [0.1, 0.15) is 12.3 Å². The summed E-state index contributed by atoms with van der Waals surface area (Å²) in [5.74, 6) is 3.82. The summed E-state index contributed by atoms with van der Waals surface area (Å²) in [6, 6.07) is 13.3. The molecule has 194 valence electrons. The van der Waals surface area contributed by atoms with E-state index >= 15 is 0 Å². The topological polar surface area (TPSA) is 78.8 Å². The summed E-state index contributed by atoms with van der Waals surface area (Å²) in [7, 11) is 4.90. The van der Waals surface area contributed by atoms with Gasteiger partial charge in [-0.3, -0.25) is 14.2 Å². The fraction of sp³-hybridized carbons (Fsp3) is 0.429. The third kappa shape index (κ3) is 4.22. The van der Waals surface area contributed by atoms with E-state index in [0.717, 1.165) is 21.2 Å². The lowest BCUT2D eigenvalue weighted by Crippen LogP contribution is -2.34. The molecule has 1 N–H and O–H groups in total. The number of nitrogens with zero attached hydrogens (tertiary/aromatic N) is 1. The minimum Gasteiger partial charge on any atom is -0.497 e. The number of carbonyl (C=O) groups excluding carboxylic acids is 1. The maximum Gasteiger partial charge on any atom is 0.308 e. The molecule has 0 radical (unpaired) electrons. The van der Waals surface area contributed by atoms with Crippen LogP contribution in [0.4, 0.5) is 5.69 Å². The van der Waals surface area contributed by atoms with Gasteiger partial charge in [0.25, 0.3) is 0 Å². The summed E-state index contributed by atoms with van der Waals surface area (Å²) in [4.78, 5) is 27.3. The Balaban J connectivity index is 1.35. The van der Waals surface area contributed by atoms with E-state index in [9.17, 15) is 9.59 Å². The molecule has 1 amide bonds. The van der Waals surface area contributed by atoms with Gasteiger partial charge in [0.05, 0.1) is 26.4 Å². The lowest BCUT2D eigenvalue weighted by Gasteiger charge is -2.40. The van der Waals surface area contributed by atoms with E-state index in [0.29, 0.717) is 40.2 Å². The number of hydrogen-bond acceptors (Lipinski definition) is 7. The smallest absolute Gasteiger partial charge is 0.308 e. The molecule has 2 aromatic carbocycles. The summed E-state index contributed by atoms with van der Waals surface area (Å²) < 4.78 is 18.0. The van der Waals surface area contributed by atoms with Crippen molar-refractivity contribution in [3.63, 3.8) is 0 Å². The number of thiazole rings is 1. The number of nitrogens with one attached hydrogen (secondary N) is 1. The average molecular weight is 539 g/mol. The predicted octanol–water partition coefficient (Wildman–Crippen LogP) is 5.23. The van der Waals surface area contributed by atoms with Crippen LogP contribution in [0.1, 0.15) is 35.6 Å². The van der Waals surface area contributed by atoms with Crippen LogP contribution < -0.4 is 24.4 Å². The van der Waals surface area contributed by atoms with Gasteiger partial charge < -0.3 is 19.5 Å². The number of rotatable bonds is 7. The Bertz CT molecular complexity index is 1380. The first-order chi connectivity index (χ1) is 18.0. The lowest BCUT2D eigenvalue weighted by atomic mass is 9.75. The molecular weight excluding hydrogens is 508 g/mol. The Labute approximate surface area is 224 Å². The molecule has 2 fully saturated rings. The highest BCUT2D eigenvalue weighted by atomic mass is 32.2. The second-order valence-corrected chi connectivity index (χ2v) is 12.1. The molecule has 2 heterocycles. The van der Waals surface area contributed by atoms with Crippen molar-refractivity contribution in [3.05, 3.63) is 62.6 Å². The van der Waals surface area contributed by atoms with Crippen LogP contribution in [0.5, 0.6) is 17.2 Å². The molecule has 0 saturated heterocycles. The summed E-state index contributed by atoms with van der Waals surface area (Å²) in [6.07, 6.45) is 3.76. The SMILES string of the molecule is COc1ccc(NC(=O)Cn2c3c(sc2=O)[C@@H](c2ccc(OC)c(OC)c2)C2C4CCC(C4)C2S3)cc1. The van der Waals surface area contributed by atoms with Crippen molar-refractivity contribution in [2.24, 2.45) is 17.8 Å². The van der Waals surface area contributed by atoms with Crippen molar-refractivity contribution >= 4 is 34.7 Å². The van der Waals surface area contributed by atoms with Crippen molar-refractivity contribution in [1.82, 2.24) is 4.57 Å². The Hall–Kier alpha value is -2.91. The fourth-order valence-corrected chi connectivity index (χ4v) is 9.68. The quantitative estimate of drug-likeness (QED) is 0.444. The minimum atomic E-state index is -0.216. The largest absolute Gasteiger partial charge is 0.497 e. The number of hydrogen-bond donors (Lipinski definition) is 1. The average Bonchev–Trinajstić information content (AvgIpc) is 3.62. The summed E-state index contributed by atoms with van der Waals surface area (Å²) in [5.41, 5.74) is 1.82. The summed E-state index contributed by atoms with van der Waals surface area (Å²) in [5, 5.41) is 4.33. The van der Waals surface area contributed by atoms with E-state index in [-0.39, 0.29) is 23.2 Å². The van der Waals surface area contributed by atoms with Crippen LogP contribution in [0.2, 0.25) is 0 Å². The summed E-state index contributed by atoms with van der Waals surface area (Å²) >= 11 is 3.12. The number of thioether (sulfide) groups is 1. The standard InChI is InChI=1S/C28H30N2O5S2/c1-33-19-9-7-18(8-10-19)29-22(31)14-30-27-26(37-28(30)32)24(16-6-11-20(34-2)21(13-16)35-3)23-15-4-5-17(12-15)25(23)36-27/h6-11,13,15,17,23-25H,4-5,12,14H2,1-3H3,(H,29,31)/t15?,17?,23?,24-,25?/m0/s1. The normalized spacial score (nSPS) is 25.3. The van der Waals surface area contributed by atoms with Gasteiger partial charge in [0.15, 0.2) is 11.5 Å². The number of benzene rings is 2. The second kappa shape index (κ2) is 9.76. The van der Waals surface area contributed by atoms with Gasteiger partial charge in [-0.2, -0.15) is 0 Å². The molecule has 4 unspecified atom stereocenters. The van der Waals surface area contributed by atoms with Gasteiger partial charge in [-0.25, -0.2) is 0 Å². The number of anilines is 1. The monoisotopic (exact) mass is 538 g/mol. The Kier molecular flexibility index (Phi) is 6.44. The Morgan fingerprint density at radius 1 is 1.00 bits per heavy atom. The van der Waals surface area contributed by atoms with Gasteiger partial charge >= 0.3 is 4.87 Å². The molecule has 5 atom stereocenters. The van der Waals surface area contributed by atoms with Gasteiger partial charge in [0, 0.05) is 21.7 Å². The van der Waals surface area contributed by atoms with Gasteiger partial charge in [-0.1, -0.05) is 17.4 Å². The van der Waals surface area contributed by atoms with Crippen molar-refractivity contribution in [2.45, 2.75) is 42.0 Å². The maximum absolute atomic E-state index is 13.3. The zero-order chi connectivity index (χ0) is 25.7. The number of methoxy groups -OCH3 is 3. The van der Waals surface area contributed by atoms with Crippen LogP contribution in [0.25, 0.3) is 0 Å². The first kappa shape index (κ1) is 24.4. The molecule has 37 heavy (non-hydrogen) atoms. The third-order valence-corrected chi connectivity index (χ3v) is 11.0. The van der Waals surface area contributed by atoms with E-state index in [2.05, 4.69) is 17.4 Å². The van der Waals surface area contributed by atoms with E-state index in [1.165, 1.54) is 30.6 Å². The molecule has 1 aliphatic heterocycles. The van der Waals surface area contributed by atoms with Crippen molar-refractivity contribution < 1.29 is 19.0 Å². The van der Waals surface area contributed by atoms with Crippen LogP contribution in [-0.4, -0.2) is 37.1 Å². The van der Waals surface area contributed by atoms with E-state index in [1.807, 2.05) is 17.8 Å². The van der Waals surface area contributed by atoms with E-state index in [4.69, 9.17) is 14.2 Å². The highest BCUT2D eigenvalue weighted by Gasteiger charge is 2.55. The van der Waals surface area contributed by atoms with Gasteiger partial charge in [-0.15, -0.1) is 11.8 Å². The molecule has 6 rings (SSSR count). The first-order valence-electron chi connectivity index (χ1n) is 12.6. The molecule has 2 aliphatic carbocycles. The maximum atomic E-state index is 13.3. The highest BCUT2D eigenvalue weighted by molar-refractivity contribution is 8.00. The molecule has 0 spiro atoms. The summed E-state index contributed by atoms with van der Waals surface area (Å²) in [6.45, 7) is -0.00612. The van der Waals surface area contributed by atoms with Crippen LogP contribution in [0.15, 0.2) is 52.3 Å². The van der Waals surface area contributed by atoms with Crippen molar-refractivity contribution in [3.8, 4) is 17.2 Å². The minimum absolute atomic E-state index is 0.00612. The molecule has 7 nitrogen and oxygen atoms in total. The van der Waals surface area contributed by atoms with Crippen LogP contribution >= 0.6 is 23.1 Å². The first-order valence-corrected chi connectivity index (χ1v) is 14.3. The Morgan fingerprint density at radius 3 is 2.49 bits per heavy atom. The van der Waals surface area contributed by atoms with E-state index in [1.54, 1.807) is 50.2 Å². The Morgan fingerprint density at radius 2 is 1.76 bits per heavy atom. The molecule has 2 bridgehead atoms. The number of aromatic nitrogens is 1. The molecule has 9 heteroatoms. The third-order valence-electron chi connectivity index (χ3n) is 8.13. The highest BCUT2D eigenvalue weighted by Crippen LogP contribution is 2.64.